The van der Waals surface area contributed by atoms with Crippen molar-refractivity contribution >= 4 is 15.7 Å². The normalized spacial score (nSPS) is 11.1. The summed E-state index contributed by atoms with van der Waals surface area (Å²) in [5.41, 5.74) is 0.928. The maximum atomic E-state index is 11.6. The first kappa shape index (κ1) is 17.5. The van der Waals surface area contributed by atoms with Crippen LogP contribution >= 0.6 is 0 Å². The molecule has 0 spiro atoms. The number of hydrogen-bond donors (Lipinski definition) is 1. The summed E-state index contributed by atoms with van der Waals surface area (Å²) in [7, 11) is -3.10. The molecular formula is C15H23NO4S. The third-order valence-corrected chi connectivity index (χ3v) is 3.80. The zero-order valence-electron chi connectivity index (χ0n) is 12.6. The van der Waals surface area contributed by atoms with Crippen molar-refractivity contribution in [2.45, 2.75) is 32.7 Å². The highest BCUT2D eigenvalue weighted by Gasteiger charge is 2.07. The second-order valence-electron chi connectivity index (χ2n) is 5.01. The van der Waals surface area contributed by atoms with Crippen molar-refractivity contribution in [2.75, 3.05) is 18.6 Å². The fourth-order valence-corrected chi connectivity index (χ4v) is 2.20. The van der Waals surface area contributed by atoms with Crippen LogP contribution in [0.4, 0.5) is 0 Å². The minimum absolute atomic E-state index is 0.00841. The van der Waals surface area contributed by atoms with Crippen molar-refractivity contribution in [3.63, 3.8) is 0 Å². The van der Waals surface area contributed by atoms with Gasteiger partial charge in [-0.2, -0.15) is 0 Å². The summed E-state index contributed by atoms with van der Waals surface area (Å²) in [4.78, 5) is 11.6. The number of rotatable bonds is 9. The number of carbonyl (C=O) groups excluding carboxylic acids is 1. The van der Waals surface area contributed by atoms with Crippen LogP contribution in [0.3, 0.4) is 0 Å². The lowest BCUT2D eigenvalue weighted by atomic mass is 10.2. The van der Waals surface area contributed by atoms with Crippen molar-refractivity contribution in [1.29, 1.82) is 0 Å². The number of ether oxygens (including phenoxy) is 1. The van der Waals surface area contributed by atoms with Crippen LogP contribution in [0, 0.1) is 0 Å². The van der Waals surface area contributed by atoms with Gasteiger partial charge >= 0.3 is 0 Å². The van der Waals surface area contributed by atoms with Gasteiger partial charge in [-0.05, 0) is 24.1 Å². The zero-order chi connectivity index (χ0) is 15.7. The van der Waals surface area contributed by atoms with E-state index in [-0.39, 0.29) is 18.1 Å². The Kier molecular flexibility index (Phi) is 7.22. The van der Waals surface area contributed by atoms with Crippen LogP contribution < -0.4 is 10.1 Å². The molecule has 0 aliphatic rings. The highest BCUT2D eigenvalue weighted by atomic mass is 32.2. The molecule has 0 radical (unpaired) electrons. The number of benzene rings is 1. The van der Waals surface area contributed by atoms with Gasteiger partial charge in [0.1, 0.15) is 15.6 Å². The Morgan fingerprint density at radius 2 is 2.10 bits per heavy atom. The summed E-state index contributed by atoms with van der Waals surface area (Å²) in [5.74, 6) is 0.392. The standard InChI is InChI=1S/C15H23NO4S/c1-3-4-9-20-14-7-5-6-13(11-14)12-16-15(17)8-10-21(2,18)19/h5-7,11H,3-4,8-10,12H2,1-2H3,(H,16,17). The van der Waals surface area contributed by atoms with Crippen LogP contribution in [-0.4, -0.2) is 32.9 Å². The zero-order valence-corrected chi connectivity index (χ0v) is 13.4. The van der Waals surface area contributed by atoms with Gasteiger partial charge in [-0.15, -0.1) is 0 Å². The van der Waals surface area contributed by atoms with E-state index in [0.717, 1.165) is 30.4 Å². The summed E-state index contributed by atoms with van der Waals surface area (Å²) in [6.45, 7) is 3.15. The molecule has 118 valence electrons. The van der Waals surface area contributed by atoms with Gasteiger partial charge in [0.15, 0.2) is 0 Å². The molecular weight excluding hydrogens is 290 g/mol. The quantitative estimate of drug-likeness (QED) is 0.707. The van der Waals surface area contributed by atoms with E-state index in [9.17, 15) is 13.2 Å². The van der Waals surface area contributed by atoms with Crippen LogP contribution in [0.2, 0.25) is 0 Å². The predicted octanol–water partition coefficient (Wildman–Crippen LogP) is 1.92. The third-order valence-electron chi connectivity index (χ3n) is 2.85. The van der Waals surface area contributed by atoms with Gasteiger partial charge in [0.25, 0.3) is 0 Å². The van der Waals surface area contributed by atoms with Gasteiger partial charge in [-0.25, -0.2) is 8.42 Å². The molecule has 21 heavy (non-hydrogen) atoms. The topological polar surface area (TPSA) is 72.5 Å². The number of nitrogens with one attached hydrogen (secondary N) is 1. The van der Waals surface area contributed by atoms with E-state index in [1.54, 1.807) is 0 Å². The summed E-state index contributed by atoms with van der Waals surface area (Å²) in [6, 6.07) is 7.53. The fourth-order valence-electron chi connectivity index (χ4n) is 1.65. The summed E-state index contributed by atoms with van der Waals surface area (Å²) >= 11 is 0. The first-order chi connectivity index (χ1) is 9.90. The van der Waals surface area contributed by atoms with E-state index in [0.29, 0.717) is 13.2 Å². The summed E-state index contributed by atoms with van der Waals surface area (Å²) < 4.78 is 27.6. The lowest BCUT2D eigenvalue weighted by molar-refractivity contribution is -0.120. The van der Waals surface area contributed by atoms with Gasteiger partial charge in [0.05, 0.1) is 12.4 Å². The summed E-state index contributed by atoms with van der Waals surface area (Å²) in [5, 5.41) is 2.71. The van der Waals surface area contributed by atoms with Gasteiger partial charge < -0.3 is 10.1 Å². The number of unbranched alkanes of at least 4 members (excludes halogenated alkanes) is 1. The lowest BCUT2D eigenvalue weighted by Gasteiger charge is -2.08. The monoisotopic (exact) mass is 313 g/mol. The van der Waals surface area contributed by atoms with Crippen molar-refractivity contribution in [3.05, 3.63) is 29.8 Å². The van der Waals surface area contributed by atoms with E-state index in [1.807, 2.05) is 24.3 Å². The molecule has 0 saturated carbocycles. The second kappa shape index (κ2) is 8.67. The van der Waals surface area contributed by atoms with Gasteiger partial charge in [0.2, 0.25) is 5.91 Å². The van der Waals surface area contributed by atoms with Gasteiger partial charge in [-0.3, -0.25) is 4.79 Å². The van der Waals surface area contributed by atoms with E-state index in [2.05, 4.69) is 12.2 Å². The van der Waals surface area contributed by atoms with E-state index in [1.165, 1.54) is 0 Å². The first-order valence-corrected chi connectivity index (χ1v) is 9.13. The SMILES string of the molecule is CCCCOc1cccc(CNC(=O)CCS(C)(=O)=O)c1. The Balaban J connectivity index is 2.40. The Hall–Kier alpha value is -1.56. The lowest BCUT2D eigenvalue weighted by Crippen LogP contribution is -2.24. The molecule has 0 bridgehead atoms. The van der Waals surface area contributed by atoms with Crippen molar-refractivity contribution < 1.29 is 17.9 Å². The Bertz CT molecular complexity index is 555. The fraction of sp³-hybridized carbons (Fsp3) is 0.533. The third kappa shape index (κ3) is 8.34. The number of amides is 1. The number of sulfone groups is 1. The van der Waals surface area contributed by atoms with Crippen LogP contribution in [0.5, 0.6) is 5.75 Å². The Labute approximate surface area is 126 Å². The van der Waals surface area contributed by atoms with E-state index < -0.39 is 9.84 Å². The van der Waals surface area contributed by atoms with Crippen molar-refractivity contribution in [2.24, 2.45) is 0 Å². The molecule has 0 heterocycles. The second-order valence-corrected chi connectivity index (χ2v) is 7.27. The van der Waals surface area contributed by atoms with E-state index >= 15 is 0 Å². The van der Waals surface area contributed by atoms with Gasteiger partial charge in [0, 0.05) is 19.2 Å². The van der Waals surface area contributed by atoms with Crippen LogP contribution in [0.15, 0.2) is 24.3 Å². The van der Waals surface area contributed by atoms with Crippen LogP contribution in [0.25, 0.3) is 0 Å². The highest BCUT2D eigenvalue weighted by molar-refractivity contribution is 7.90. The molecule has 1 rings (SSSR count). The molecule has 0 unspecified atom stereocenters. The summed E-state index contributed by atoms with van der Waals surface area (Å²) in [6.07, 6.45) is 3.20. The molecule has 0 aromatic heterocycles. The van der Waals surface area contributed by atoms with Crippen molar-refractivity contribution in [3.8, 4) is 5.75 Å². The predicted molar refractivity (Wildman–Crippen MR) is 83.0 cm³/mol. The highest BCUT2D eigenvalue weighted by Crippen LogP contribution is 2.13. The average Bonchev–Trinajstić information content (AvgIpc) is 2.43. The molecule has 6 heteroatoms. The average molecular weight is 313 g/mol. The Morgan fingerprint density at radius 3 is 2.76 bits per heavy atom. The molecule has 1 aromatic carbocycles. The van der Waals surface area contributed by atoms with Crippen molar-refractivity contribution in [1.82, 2.24) is 5.32 Å². The Morgan fingerprint density at radius 1 is 1.33 bits per heavy atom. The molecule has 0 aliphatic heterocycles. The maximum absolute atomic E-state index is 11.6. The smallest absolute Gasteiger partial charge is 0.221 e. The minimum atomic E-state index is -3.10. The molecule has 0 aliphatic carbocycles. The van der Waals surface area contributed by atoms with Gasteiger partial charge in [-0.1, -0.05) is 25.5 Å². The molecule has 1 aromatic rings. The molecule has 0 fully saturated rings. The molecule has 5 nitrogen and oxygen atoms in total. The molecule has 0 saturated heterocycles. The largest absolute Gasteiger partial charge is 0.494 e. The molecule has 0 atom stereocenters. The minimum Gasteiger partial charge on any atom is -0.494 e. The number of hydrogen-bond acceptors (Lipinski definition) is 4. The van der Waals surface area contributed by atoms with Crippen LogP contribution in [-0.2, 0) is 21.2 Å². The van der Waals surface area contributed by atoms with Crippen LogP contribution in [0.1, 0.15) is 31.7 Å². The molecule has 1 N–H and O–H groups in total. The number of carbonyl (C=O) groups is 1. The maximum Gasteiger partial charge on any atom is 0.221 e. The first-order valence-electron chi connectivity index (χ1n) is 7.07. The molecule has 1 amide bonds. The van der Waals surface area contributed by atoms with E-state index in [4.69, 9.17) is 4.74 Å².